The number of halogens is 3. The van der Waals surface area contributed by atoms with Crippen molar-refractivity contribution >= 4 is 5.97 Å². The highest BCUT2D eigenvalue weighted by atomic mass is 19.4. The Bertz CT molecular complexity index is 415. The summed E-state index contributed by atoms with van der Waals surface area (Å²) in [6.07, 6.45) is -4.82. The zero-order chi connectivity index (χ0) is 13.1. The van der Waals surface area contributed by atoms with Crippen LogP contribution in [0.25, 0.3) is 0 Å². The van der Waals surface area contributed by atoms with Crippen LogP contribution < -0.4 is 9.47 Å². The Morgan fingerprint density at radius 2 is 1.82 bits per heavy atom. The molecule has 1 rings (SSSR count). The zero-order valence-electron chi connectivity index (χ0n) is 9.00. The van der Waals surface area contributed by atoms with Crippen molar-refractivity contribution in [3.63, 3.8) is 0 Å². The van der Waals surface area contributed by atoms with Crippen molar-refractivity contribution < 1.29 is 32.2 Å². The SMILES string of the molecule is COC(=O)c1ccc(OC(F)(F)F)c(OC)c1. The summed E-state index contributed by atoms with van der Waals surface area (Å²) >= 11 is 0. The quantitative estimate of drug-likeness (QED) is 0.772. The number of benzene rings is 1. The van der Waals surface area contributed by atoms with Gasteiger partial charge in [-0.1, -0.05) is 0 Å². The molecular weight excluding hydrogens is 241 g/mol. The fraction of sp³-hybridized carbons (Fsp3) is 0.300. The normalized spacial score (nSPS) is 10.9. The number of carbonyl (C=O) groups excluding carboxylic acids is 1. The third kappa shape index (κ3) is 3.54. The van der Waals surface area contributed by atoms with Gasteiger partial charge < -0.3 is 14.2 Å². The average molecular weight is 250 g/mol. The molecule has 0 bridgehead atoms. The van der Waals surface area contributed by atoms with Gasteiger partial charge in [-0.2, -0.15) is 0 Å². The van der Waals surface area contributed by atoms with Crippen LogP contribution in [0, 0.1) is 0 Å². The van der Waals surface area contributed by atoms with Gasteiger partial charge >= 0.3 is 12.3 Å². The van der Waals surface area contributed by atoms with Gasteiger partial charge in [0.05, 0.1) is 19.8 Å². The van der Waals surface area contributed by atoms with E-state index in [0.717, 1.165) is 25.3 Å². The Morgan fingerprint density at radius 1 is 1.18 bits per heavy atom. The summed E-state index contributed by atoms with van der Waals surface area (Å²) in [4.78, 5) is 11.1. The van der Waals surface area contributed by atoms with Crippen LogP contribution in [0.4, 0.5) is 13.2 Å². The van der Waals surface area contributed by atoms with Crippen molar-refractivity contribution in [1.29, 1.82) is 0 Å². The van der Waals surface area contributed by atoms with Crippen LogP contribution in [0.1, 0.15) is 10.4 Å². The smallest absolute Gasteiger partial charge is 0.493 e. The molecule has 0 aliphatic heterocycles. The highest BCUT2D eigenvalue weighted by Crippen LogP contribution is 2.32. The van der Waals surface area contributed by atoms with Gasteiger partial charge in [0.2, 0.25) is 0 Å². The molecule has 7 heteroatoms. The Kier molecular flexibility index (Phi) is 3.82. The predicted molar refractivity (Wildman–Crippen MR) is 51.0 cm³/mol. The van der Waals surface area contributed by atoms with E-state index in [4.69, 9.17) is 4.74 Å². The van der Waals surface area contributed by atoms with E-state index in [1.165, 1.54) is 7.11 Å². The van der Waals surface area contributed by atoms with Crippen molar-refractivity contribution in [2.45, 2.75) is 6.36 Å². The van der Waals surface area contributed by atoms with E-state index in [2.05, 4.69) is 9.47 Å². The average Bonchev–Trinajstić information content (AvgIpc) is 2.26. The van der Waals surface area contributed by atoms with Crippen LogP contribution >= 0.6 is 0 Å². The maximum atomic E-state index is 12.0. The van der Waals surface area contributed by atoms with Crippen molar-refractivity contribution in [2.24, 2.45) is 0 Å². The van der Waals surface area contributed by atoms with Gasteiger partial charge in [0.15, 0.2) is 11.5 Å². The maximum absolute atomic E-state index is 12.0. The molecule has 0 saturated carbocycles. The van der Waals surface area contributed by atoms with Gasteiger partial charge in [-0.05, 0) is 18.2 Å². The molecule has 0 atom stereocenters. The Morgan fingerprint density at radius 3 is 2.29 bits per heavy atom. The van der Waals surface area contributed by atoms with E-state index in [0.29, 0.717) is 0 Å². The topological polar surface area (TPSA) is 44.8 Å². The molecule has 0 radical (unpaired) electrons. The molecule has 0 aliphatic rings. The Labute approximate surface area is 94.9 Å². The van der Waals surface area contributed by atoms with Crippen LogP contribution in [-0.4, -0.2) is 26.6 Å². The van der Waals surface area contributed by atoms with Crippen LogP contribution in [0.2, 0.25) is 0 Å². The first-order valence-corrected chi connectivity index (χ1v) is 4.39. The molecule has 0 fully saturated rings. The van der Waals surface area contributed by atoms with E-state index < -0.39 is 18.1 Å². The molecule has 0 aliphatic carbocycles. The summed E-state index contributed by atoms with van der Waals surface area (Å²) in [5.41, 5.74) is 0.0684. The number of carbonyl (C=O) groups is 1. The number of rotatable bonds is 3. The molecule has 1 aromatic carbocycles. The van der Waals surface area contributed by atoms with Gasteiger partial charge in [0, 0.05) is 0 Å². The standard InChI is InChI=1S/C10H9F3O4/c1-15-8-5-6(9(14)16-2)3-4-7(8)17-10(11,12)13/h3-5H,1-2H3. The van der Waals surface area contributed by atoms with Crippen molar-refractivity contribution in [3.05, 3.63) is 23.8 Å². The lowest BCUT2D eigenvalue weighted by Crippen LogP contribution is -2.17. The van der Waals surface area contributed by atoms with Crippen molar-refractivity contribution in [2.75, 3.05) is 14.2 Å². The second-order valence-electron chi connectivity index (χ2n) is 2.91. The highest BCUT2D eigenvalue weighted by molar-refractivity contribution is 5.90. The summed E-state index contributed by atoms with van der Waals surface area (Å²) in [6.45, 7) is 0. The lowest BCUT2D eigenvalue weighted by Gasteiger charge is -2.12. The largest absolute Gasteiger partial charge is 0.573 e. The molecule has 0 aromatic heterocycles. The molecule has 0 amide bonds. The summed E-state index contributed by atoms with van der Waals surface area (Å²) in [5, 5.41) is 0. The highest BCUT2D eigenvalue weighted by Gasteiger charge is 2.32. The molecule has 17 heavy (non-hydrogen) atoms. The molecule has 94 valence electrons. The molecule has 0 heterocycles. The van der Waals surface area contributed by atoms with Crippen LogP contribution in [0.15, 0.2) is 18.2 Å². The Balaban J connectivity index is 3.05. The lowest BCUT2D eigenvalue weighted by molar-refractivity contribution is -0.275. The summed E-state index contributed by atoms with van der Waals surface area (Å²) in [5.74, 6) is -1.40. The summed E-state index contributed by atoms with van der Waals surface area (Å²) in [7, 11) is 2.33. The molecule has 0 saturated heterocycles. The molecule has 1 aromatic rings. The number of ether oxygens (including phenoxy) is 3. The molecule has 4 nitrogen and oxygen atoms in total. The first kappa shape index (κ1) is 13.1. The summed E-state index contributed by atoms with van der Waals surface area (Å²) < 4.78 is 48.9. The lowest BCUT2D eigenvalue weighted by atomic mass is 10.2. The molecule has 0 N–H and O–H groups in total. The van der Waals surface area contributed by atoms with Crippen LogP contribution in [0.3, 0.4) is 0 Å². The van der Waals surface area contributed by atoms with E-state index in [1.807, 2.05) is 0 Å². The minimum absolute atomic E-state index is 0.0684. The minimum atomic E-state index is -4.82. The Hall–Kier alpha value is -1.92. The van der Waals surface area contributed by atoms with Gasteiger partial charge in [0.25, 0.3) is 0 Å². The van der Waals surface area contributed by atoms with E-state index >= 15 is 0 Å². The van der Waals surface area contributed by atoms with E-state index in [-0.39, 0.29) is 11.3 Å². The van der Waals surface area contributed by atoms with Crippen molar-refractivity contribution in [3.8, 4) is 11.5 Å². The van der Waals surface area contributed by atoms with E-state index in [1.54, 1.807) is 0 Å². The number of esters is 1. The number of methoxy groups -OCH3 is 2. The number of alkyl halides is 3. The zero-order valence-corrected chi connectivity index (χ0v) is 9.00. The maximum Gasteiger partial charge on any atom is 0.573 e. The van der Waals surface area contributed by atoms with Gasteiger partial charge in [0.1, 0.15) is 0 Å². The van der Waals surface area contributed by atoms with Gasteiger partial charge in [-0.15, -0.1) is 13.2 Å². The van der Waals surface area contributed by atoms with Crippen molar-refractivity contribution in [1.82, 2.24) is 0 Å². The van der Waals surface area contributed by atoms with E-state index in [9.17, 15) is 18.0 Å². The van der Waals surface area contributed by atoms with Crippen LogP contribution in [0.5, 0.6) is 11.5 Å². The third-order valence-electron chi connectivity index (χ3n) is 1.81. The first-order chi connectivity index (χ1) is 7.87. The fourth-order valence-corrected chi connectivity index (χ4v) is 1.12. The fourth-order valence-electron chi connectivity index (χ4n) is 1.12. The molecule has 0 spiro atoms. The first-order valence-electron chi connectivity index (χ1n) is 4.39. The monoisotopic (exact) mass is 250 g/mol. The number of hydrogen-bond acceptors (Lipinski definition) is 4. The summed E-state index contributed by atoms with van der Waals surface area (Å²) in [6, 6.07) is 3.24. The predicted octanol–water partition coefficient (Wildman–Crippen LogP) is 2.38. The third-order valence-corrected chi connectivity index (χ3v) is 1.81. The van der Waals surface area contributed by atoms with Gasteiger partial charge in [-0.25, -0.2) is 4.79 Å². The number of hydrogen-bond donors (Lipinski definition) is 0. The minimum Gasteiger partial charge on any atom is -0.493 e. The second kappa shape index (κ2) is 4.94. The van der Waals surface area contributed by atoms with Crippen LogP contribution in [-0.2, 0) is 4.74 Å². The molecule has 0 unspecified atom stereocenters. The second-order valence-corrected chi connectivity index (χ2v) is 2.91. The molecular formula is C10H9F3O4. The van der Waals surface area contributed by atoms with Gasteiger partial charge in [-0.3, -0.25) is 0 Å².